The minimum absolute atomic E-state index is 0.147. The molecule has 5 nitrogen and oxygen atoms in total. The van der Waals surface area contributed by atoms with Gasteiger partial charge in [-0.3, -0.25) is 9.59 Å². The van der Waals surface area contributed by atoms with Crippen LogP contribution in [-0.4, -0.2) is 18.4 Å². The summed E-state index contributed by atoms with van der Waals surface area (Å²) >= 11 is 0. The molecule has 2 amide bonds. The molecule has 0 atom stereocenters. The zero-order chi connectivity index (χ0) is 18.1. The molecule has 4 aliphatic carbocycles. The number of anilines is 1. The number of amides is 2. The molecule has 0 saturated heterocycles. The number of hydrogen-bond donors (Lipinski definition) is 2. The van der Waals surface area contributed by atoms with Crippen molar-refractivity contribution in [3.05, 3.63) is 29.8 Å². The molecule has 5 heteroatoms. The van der Waals surface area contributed by atoms with E-state index in [0.29, 0.717) is 17.8 Å². The first-order chi connectivity index (χ1) is 12.6. The van der Waals surface area contributed by atoms with Crippen LogP contribution in [0.4, 0.5) is 5.69 Å². The van der Waals surface area contributed by atoms with E-state index in [-0.39, 0.29) is 23.7 Å². The van der Waals surface area contributed by atoms with Crippen LogP contribution in [0.2, 0.25) is 0 Å². The molecule has 1 aromatic rings. The number of rotatable bonds is 5. The molecule has 0 aromatic heterocycles. The van der Waals surface area contributed by atoms with Crippen molar-refractivity contribution in [3.8, 4) is 6.07 Å². The van der Waals surface area contributed by atoms with Crippen LogP contribution < -0.4 is 10.6 Å². The first-order valence-electron chi connectivity index (χ1n) is 9.65. The normalized spacial score (nSPS) is 31.3. The lowest BCUT2D eigenvalue weighted by atomic mass is 9.49. The van der Waals surface area contributed by atoms with Crippen LogP contribution in [0.3, 0.4) is 0 Å². The number of nitrogens with zero attached hydrogens (tertiary/aromatic N) is 1. The molecule has 4 aliphatic rings. The van der Waals surface area contributed by atoms with E-state index >= 15 is 0 Å². The summed E-state index contributed by atoms with van der Waals surface area (Å²) in [6.45, 7) is 0.365. The summed E-state index contributed by atoms with van der Waals surface area (Å²) in [6.07, 6.45) is 7.31. The molecule has 5 rings (SSSR count). The predicted octanol–water partition coefficient (Wildman–Crippen LogP) is 3.22. The van der Waals surface area contributed by atoms with Crippen molar-refractivity contribution in [1.29, 1.82) is 5.26 Å². The maximum Gasteiger partial charge on any atom is 0.226 e. The number of carbonyl (C=O) groups is 2. The molecule has 1 aromatic carbocycles. The Balaban J connectivity index is 1.27. The van der Waals surface area contributed by atoms with Gasteiger partial charge in [0.05, 0.1) is 11.6 Å². The Kier molecular flexibility index (Phi) is 4.44. The molecule has 2 N–H and O–H groups in total. The number of nitrogens with one attached hydrogen (secondary N) is 2. The van der Waals surface area contributed by atoms with E-state index in [2.05, 4.69) is 16.7 Å². The number of carbonyl (C=O) groups excluding carboxylic acids is 2. The Morgan fingerprint density at radius 2 is 1.77 bits per heavy atom. The van der Waals surface area contributed by atoms with Gasteiger partial charge in [-0.25, -0.2) is 0 Å². The molecule has 26 heavy (non-hydrogen) atoms. The highest BCUT2D eigenvalue weighted by atomic mass is 16.2. The molecule has 0 radical (unpaired) electrons. The first kappa shape index (κ1) is 17.1. The van der Waals surface area contributed by atoms with Crippen molar-refractivity contribution in [2.24, 2.45) is 23.2 Å². The van der Waals surface area contributed by atoms with Crippen molar-refractivity contribution in [2.45, 2.75) is 44.9 Å². The average molecular weight is 351 g/mol. The molecular weight excluding hydrogens is 326 g/mol. The third kappa shape index (κ3) is 3.33. The number of benzene rings is 1. The van der Waals surface area contributed by atoms with Gasteiger partial charge in [0.25, 0.3) is 0 Å². The SMILES string of the molecule is N#Cc1cccc(NC(=O)CCNC(=O)C23CC4CC(CC(C4)C2)C3)c1. The Morgan fingerprint density at radius 3 is 2.38 bits per heavy atom. The van der Waals surface area contributed by atoms with Gasteiger partial charge in [0.15, 0.2) is 0 Å². The molecule has 4 bridgehead atoms. The molecule has 4 fully saturated rings. The molecule has 0 heterocycles. The van der Waals surface area contributed by atoms with E-state index in [9.17, 15) is 9.59 Å². The summed E-state index contributed by atoms with van der Waals surface area (Å²) in [5, 5.41) is 14.7. The van der Waals surface area contributed by atoms with Crippen LogP contribution in [0.5, 0.6) is 0 Å². The van der Waals surface area contributed by atoms with Gasteiger partial charge in [-0.15, -0.1) is 0 Å². The standard InChI is InChI=1S/C21H25N3O2/c22-13-14-2-1-3-18(9-14)24-19(25)4-5-23-20(26)21-10-15-6-16(11-21)8-17(7-15)12-21/h1-3,9,15-17H,4-8,10-12H2,(H,23,26)(H,24,25). The summed E-state index contributed by atoms with van der Waals surface area (Å²) in [6, 6.07) is 8.89. The van der Waals surface area contributed by atoms with Gasteiger partial charge in [-0.1, -0.05) is 6.07 Å². The van der Waals surface area contributed by atoms with E-state index in [1.807, 2.05) is 0 Å². The lowest BCUT2D eigenvalue weighted by molar-refractivity contribution is -0.146. The van der Waals surface area contributed by atoms with E-state index in [4.69, 9.17) is 5.26 Å². The molecule has 0 spiro atoms. The van der Waals surface area contributed by atoms with Crippen molar-refractivity contribution in [2.75, 3.05) is 11.9 Å². The van der Waals surface area contributed by atoms with Crippen molar-refractivity contribution >= 4 is 17.5 Å². The molecule has 0 aliphatic heterocycles. The van der Waals surface area contributed by atoms with Crippen LogP contribution in [0.1, 0.15) is 50.5 Å². The quantitative estimate of drug-likeness (QED) is 0.854. The predicted molar refractivity (Wildman–Crippen MR) is 98.0 cm³/mol. The fourth-order valence-electron chi connectivity index (χ4n) is 5.76. The van der Waals surface area contributed by atoms with E-state index in [0.717, 1.165) is 37.0 Å². The number of nitriles is 1. The number of hydrogen-bond acceptors (Lipinski definition) is 3. The van der Waals surface area contributed by atoms with Gasteiger partial charge >= 0.3 is 0 Å². The molecule has 4 saturated carbocycles. The molecule has 0 unspecified atom stereocenters. The maximum absolute atomic E-state index is 12.8. The summed E-state index contributed by atoms with van der Waals surface area (Å²) in [5.41, 5.74) is 0.964. The van der Waals surface area contributed by atoms with Crippen LogP contribution in [0, 0.1) is 34.5 Å². The van der Waals surface area contributed by atoms with Crippen LogP contribution in [0.15, 0.2) is 24.3 Å². The summed E-state index contributed by atoms with van der Waals surface area (Å²) in [7, 11) is 0. The van der Waals surface area contributed by atoms with Gasteiger partial charge in [-0.2, -0.15) is 5.26 Å². The van der Waals surface area contributed by atoms with Gasteiger partial charge in [0.2, 0.25) is 11.8 Å². The van der Waals surface area contributed by atoms with Crippen molar-refractivity contribution < 1.29 is 9.59 Å². The summed E-state index contributed by atoms with van der Waals surface area (Å²) in [4.78, 5) is 24.9. The minimum atomic E-state index is -0.160. The minimum Gasteiger partial charge on any atom is -0.355 e. The highest BCUT2D eigenvalue weighted by molar-refractivity contribution is 5.91. The monoisotopic (exact) mass is 351 g/mol. The molecule has 136 valence electrons. The van der Waals surface area contributed by atoms with Crippen molar-refractivity contribution in [1.82, 2.24) is 5.32 Å². The van der Waals surface area contributed by atoms with E-state index in [1.165, 1.54) is 19.3 Å². The fraction of sp³-hybridized carbons (Fsp3) is 0.571. The summed E-state index contributed by atoms with van der Waals surface area (Å²) in [5.74, 6) is 2.23. The zero-order valence-corrected chi connectivity index (χ0v) is 15.0. The van der Waals surface area contributed by atoms with E-state index < -0.39 is 0 Å². The largest absolute Gasteiger partial charge is 0.355 e. The Labute approximate surface area is 154 Å². The van der Waals surface area contributed by atoms with Gasteiger partial charge in [-0.05, 0) is 74.5 Å². The first-order valence-corrected chi connectivity index (χ1v) is 9.65. The smallest absolute Gasteiger partial charge is 0.226 e. The van der Waals surface area contributed by atoms with Gasteiger partial charge in [0, 0.05) is 24.1 Å². The third-order valence-corrected chi connectivity index (χ3v) is 6.43. The summed E-state index contributed by atoms with van der Waals surface area (Å²) < 4.78 is 0. The topological polar surface area (TPSA) is 82.0 Å². The Morgan fingerprint density at radius 1 is 1.12 bits per heavy atom. The fourth-order valence-corrected chi connectivity index (χ4v) is 5.76. The maximum atomic E-state index is 12.8. The van der Waals surface area contributed by atoms with Gasteiger partial charge in [0.1, 0.15) is 0 Å². The third-order valence-electron chi connectivity index (χ3n) is 6.43. The lowest BCUT2D eigenvalue weighted by Gasteiger charge is -2.55. The highest BCUT2D eigenvalue weighted by Gasteiger charge is 2.54. The lowest BCUT2D eigenvalue weighted by Crippen LogP contribution is -2.53. The molecular formula is C21H25N3O2. The van der Waals surface area contributed by atoms with Crippen LogP contribution >= 0.6 is 0 Å². The zero-order valence-electron chi connectivity index (χ0n) is 15.0. The average Bonchev–Trinajstić information content (AvgIpc) is 2.60. The Hall–Kier alpha value is -2.35. The Bertz CT molecular complexity index is 729. The second-order valence-electron chi connectivity index (χ2n) is 8.44. The van der Waals surface area contributed by atoms with Crippen molar-refractivity contribution in [3.63, 3.8) is 0 Å². The van der Waals surface area contributed by atoms with Crippen LogP contribution in [-0.2, 0) is 9.59 Å². The van der Waals surface area contributed by atoms with E-state index in [1.54, 1.807) is 24.3 Å². The second kappa shape index (κ2) is 6.75. The highest BCUT2D eigenvalue weighted by Crippen LogP contribution is 2.60. The van der Waals surface area contributed by atoms with Crippen LogP contribution in [0.25, 0.3) is 0 Å². The second-order valence-corrected chi connectivity index (χ2v) is 8.44. The van der Waals surface area contributed by atoms with Gasteiger partial charge < -0.3 is 10.6 Å².